The summed E-state index contributed by atoms with van der Waals surface area (Å²) in [5, 5.41) is 3.58. The van der Waals surface area contributed by atoms with Crippen molar-refractivity contribution in [2.75, 3.05) is 18.1 Å². The zero-order valence-electron chi connectivity index (χ0n) is 8.00. The molecule has 0 radical (unpaired) electrons. The lowest BCUT2D eigenvalue weighted by Crippen LogP contribution is -2.22. The Morgan fingerprint density at radius 3 is 2.86 bits per heavy atom. The molecule has 1 aliphatic rings. The Morgan fingerprint density at radius 1 is 1.29 bits per heavy atom. The molecule has 1 unspecified atom stereocenters. The highest BCUT2D eigenvalue weighted by molar-refractivity contribution is 9.10. The minimum atomic E-state index is 0.538. The van der Waals surface area contributed by atoms with Crippen LogP contribution in [0.15, 0.2) is 28.7 Å². The summed E-state index contributed by atoms with van der Waals surface area (Å²) in [6.45, 7) is 1.15. The van der Waals surface area contributed by atoms with Gasteiger partial charge in [0.05, 0.1) is 0 Å². The van der Waals surface area contributed by atoms with Crippen LogP contribution < -0.4 is 5.32 Å². The first-order chi connectivity index (χ1) is 6.86. The number of nitrogens with one attached hydrogen (secondary N) is 1. The van der Waals surface area contributed by atoms with E-state index in [2.05, 4.69) is 45.5 Å². The SMILES string of the molecule is Brc1ccc(C2CSCCCN2)cc1. The highest BCUT2D eigenvalue weighted by Gasteiger charge is 2.13. The molecular formula is C11H14BrNS. The van der Waals surface area contributed by atoms with Crippen LogP contribution in [0.4, 0.5) is 0 Å². The summed E-state index contributed by atoms with van der Waals surface area (Å²) in [6, 6.07) is 9.18. The summed E-state index contributed by atoms with van der Waals surface area (Å²) in [6.07, 6.45) is 1.29. The molecule has 1 aliphatic heterocycles. The van der Waals surface area contributed by atoms with Crippen molar-refractivity contribution in [2.24, 2.45) is 0 Å². The Labute approximate surface area is 97.8 Å². The van der Waals surface area contributed by atoms with Crippen molar-refractivity contribution in [3.8, 4) is 0 Å². The quantitative estimate of drug-likeness (QED) is 0.842. The van der Waals surface area contributed by atoms with E-state index < -0.39 is 0 Å². The van der Waals surface area contributed by atoms with Crippen molar-refractivity contribution in [1.82, 2.24) is 5.32 Å². The van der Waals surface area contributed by atoms with E-state index >= 15 is 0 Å². The van der Waals surface area contributed by atoms with Gasteiger partial charge >= 0.3 is 0 Å². The van der Waals surface area contributed by atoms with Crippen molar-refractivity contribution in [1.29, 1.82) is 0 Å². The largest absolute Gasteiger partial charge is 0.309 e. The monoisotopic (exact) mass is 271 g/mol. The molecule has 0 bridgehead atoms. The Morgan fingerprint density at radius 2 is 2.07 bits per heavy atom. The molecule has 0 amide bonds. The maximum absolute atomic E-state index is 3.58. The van der Waals surface area contributed by atoms with E-state index in [1.807, 2.05) is 11.8 Å². The van der Waals surface area contributed by atoms with Gasteiger partial charge in [-0.3, -0.25) is 0 Å². The number of hydrogen-bond donors (Lipinski definition) is 1. The van der Waals surface area contributed by atoms with Crippen molar-refractivity contribution >= 4 is 27.7 Å². The number of thioether (sulfide) groups is 1. The third-order valence-electron chi connectivity index (χ3n) is 2.41. The minimum absolute atomic E-state index is 0.538. The molecule has 76 valence electrons. The number of halogens is 1. The molecule has 0 aromatic heterocycles. The van der Waals surface area contributed by atoms with Gasteiger partial charge < -0.3 is 5.32 Å². The second-order valence-electron chi connectivity index (χ2n) is 3.49. The molecule has 1 nitrogen and oxygen atoms in total. The molecule has 1 atom stereocenters. The van der Waals surface area contributed by atoms with Gasteiger partial charge in [0, 0.05) is 16.3 Å². The van der Waals surface area contributed by atoms with Crippen LogP contribution in [0.5, 0.6) is 0 Å². The van der Waals surface area contributed by atoms with Crippen molar-refractivity contribution in [3.63, 3.8) is 0 Å². The first kappa shape index (κ1) is 10.5. The second-order valence-corrected chi connectivity index (χ2v) is 5.55. The summed E-state index contributed by atoms with van der Waals surface area (Å²) >= 11 is 5.51. The van der Waals surface area contributed by atoms with Gasteiger partial charge in [0.1, 0.15) is 0 Å². The normalized spacial score (nSPS) is 23.1. The van der Waals surface area contributed by atoms with Gasteiger partial charge in [0.2, 0.25) is 0 Å². The average Bonchev–Trinajstić information content (AvgIpc) is 2.47. The lowest BCUT2D eigenvalue weighted by atomic mass is 10.1. The Hall–Kier alpha value is 0.01000. The Bertz CT molecular complexity index is 278. The third kappa shape index (κ3) is 2.75. The van der Waals surface area contributed by atoms with Crippen molar-refractivity contribution in [2.45, 2.75) is 12.5 Å². The van der Waals surface area contributed by atoms with Crippen LogP contribution in [0.25, 0.3) is 0 Å². The van der Waals surface area contributed by atoms with E-state index in [-0.39, 0.29) is 0 Å². The molecule has 1 fully saturated rings. The molecule has 1 aromatic rings. The fourth-order valence-electron chi connectivity index (χ4n) is 1.62. The smallest absolute Gasteiger partial charge is 0.0411 e. The van der Waals surface area contributed by atoms with Crippen LogP contribution in [-0.2, 0) is 0 Å². The molecule has 0 spiro atoms. The zero-order valence-corrected chi connectivity index (χ0v) is 10.4. The molecule has 14 heavy (non-hydrogen) atoms. The zero-order chi connectivity index (χ0) is 9.80. The summed E-state index contributed by atoms with van der Waals surface area (Å²) in [7, 11) is 0. The van der Waals surface area contributed by atoms with Crippen molar-refractivity contribution < 1.29 is 0 Å². The van der Waals surface area contributed by atoms with Gasteiger partial charge in [-0.2, -0.15) is 11.8 Å². The maximum Gasteiger partial charge on any atom is 0.0411 e. The van der Waals surface area contributed by atoms with Gasteiger partial charge in [-0.1, -0.05) is 28.1 Å². The Kier molecular flexibility index (Phi) is 3.90. The van der Waals surface area contributed by atoms with Gasteiger partial charge in [0.15, 0.2) is 0 Å². The van der Waals surface area contributed by atoms with E-state index in [9.17, 15) is 0 Å². The number of hydrogen-bond acceptors (Lipinski definition) is 2. The minimum Gasteiger partial charge on any atom is -0.309 e. The lowest BCUT2D eigenvalue weighted by Gasteiger charge is -2.15. The van der Waals surface area contributed by atoms with E-state index in [0.717, 1.165) is 11.0 Å². The van der Waals surface area contributed by atoms with Gasteiger partial charge in [-0.25, -0.2) is 0 Å². The summed E-state index contributed by atoms with van der Waals surface area (Å²) in [5.74, 6) is 2.49. The van der Waals surface area contributed by atoms with E-state index in [1.54, 1.807) is 0 Å². The molecule has 1 saturated heterocycles. The highest BCUT2D eigenvalue weighted by atomic mass is 79.9. The summed E-state index contributed by atoms with van der Waals surface area (Å²) < 4.78 is 1.16. The first-order valence-electron chi connectivity index (χ1n) is 4.93. The van der Waals surface area contributed by atoms with Crippen LogP contribution >= 0.6 is 27.7 Å². The summed E-state index contributed by atoms with van der Waals surface area (Å²) in [4.78, 5) is 0. The van der Waals surface area contributed by atoms with Crippen LogP contribution in [-0.4, -0.2) is 18.1 Å². The molecule has 1 aromatic carbocycles. The van der Waals surface area contributed by atoms with E-state index in [0.29, 0.717) is 6.04 Å². The Balaban J connectivity index is 2.08. The molecule has 1 N–H and O–H groups in total. The van der Waals surface area contributed by atoms with Gasteiger partial charge in [-0.15, -0.1) is 0 Å². The molecule has 1 heterocycles. The molecule has 3 heteroatoms. The lowest BCUT2D eigenvalue weighted by molar-refractivity contribution is 0.589. The number of rotatable bonds is 1. The maximum atomic E-state index is 3.58. The third-order valence-corrected chi connectivity index (χ3v) is 4.09. The first-order valence-corrected chi connectivity index (χ1v) is 6.87. The topological polar surface area (TPSA) is 12.0 Å². The van der Waals surface area contributed by atoms with Gasteiger partial charge in [-0.05, 0) is 36.4 Å². The second kappa shape index (κ2) is 5.19. The predicted octanol–water partition coefficient (Wildman–Crippen LogP) is 3.22. The van der Waals surface area contributed by atoms with Crippen LogP contribution in [0, 0.1) is 0 Å². The molecule has 0 aliphatic carbocycles. The molecule has 2 rings (SSSR count). The van der Waals surface area contributed by atoms with Crippen LogP contribution in [0.3, 0.4) is 0 Å². The van der Waals surface area contributed by atoms with Crippen molar-refractivity contribution in [3.05, 3.63) is 34.3 Å². The molecular weight excluding hydrogens is 258 g/mol. The highest BCUT2D eigenvalue weighted by Crippen LogP contribution is 2.22. The average molecular weight is 272 g/mol. The summed E-state index contributed by atoms with van der Waals surface area (Å²) in [5.41, 5.74) is 1.41. The van der Waals surface area contributed by atoms with Crippen LogP contribution in [0.2, 0.25) is 0 Å². The van der Waals surface area contributed by atoms with Gasteiger partial charge in [0.25, 0.3) is 0 Å². The fraction of sp³-hybridized carbons (Fsp3) is 0.455. The fourth-order valence-corrected chi connectivity index (χ4v) is 2.95. The standard InChI is InChI=1S/C11H14BrNS/c12-10-4-2-9(3-5-10)11-8-14-7-1-6-13-11/h2-5,11,13H,1,6-8H2. The van der Waals surface area contributed by atoms with Crippen LogP contribution in [0.1, 0.15) is 18.0 Å². The molecule has 0 saturated carbocycles. The predicted molar refractivity (Wildman–Crippen MR) is 66.8 cm³/mol. The number of benzene rings is 1. The van der Waals surface area contributed by atoms with E-state index in [1.165, 1.54) is 23.5 Å². The van der Waals surface area contributed by atoms with E-state index in [4.69, 9.17) is 0 Å².